The predicted molar refractivity (Wildman–Crippen MR) is 70.2 cm³/mol. The van der Waals surface area contributed by atoms with Crippen LogP contribution in [-0.2, 0) is 4.74 Å². The lowest BCUT2D eigenvalue weighted by Gasteiger charge is -2.02. The number of hydrogen-bond donors (Lipinski definition) is 1. The predicted octanol–water partition coefficient (Wildman–Crippen LogP) is 2.25. The minimum atomic E-state index is -1.09. The van der Waals surface area contributed by atoms with E-state index in [2.05, 4.69) is 15.5 Å². The average molecular weight is 313 g/mol. The number of ether oxygens (including phenoxy) is 1. The third-order valence-electron chi connectivity index (χ3n) is 2.25. The number of halogens is 2. The van der Waals surface area contributed by atoms with Gasteiger partial charge in [-0.15, -0.1) is 10.2 Å². The molecule has 0 spiro atoms. The van der Waals surface area contributed by atoms with Crippen molar-refractivity contribution in [3.8, 4) is 0 Å². The number of hydrogen-bond acceptors (Lipinski definition) is 6. The zero-order valence-electron chi connectivity index (χ0n) is 10.7. The van der Waals surface area contributed by atoms with Crippen LogP contribution in [0.4, 0.5) is 14.5 Å². The highest BCUT2D eigenvalue weighted by Gasteiger charge is 2.18. The smallest absolute Gasteiger partial charge is 0.369 e. The van der Waals surface area contributed by atoms with Gasteiger partial charge in [0.25, 0.3) is 5.91 Å². The number of rotatable bonds is 4. The molecule has 9 heteroatoms. The lowest BCUT2D eigenvalue weighted by Crippen LogP contribution is -2.11. The molecular weight excluding hydrogens is 304 g/mol. The number of nitrogens with one attached hydrogen (secondary N) is 1. The van der Waals surface area contributed by atoms with E-state index in [0.29, 0.717) is 0 Å². The van der Waals surface area contributed by atoms with Gasteiger partial charge in [0.1, 0.15) is 0 Å². The standard InChI is InChI=1S/C12H9F2N3O3S/c1-2-20-12(19)11-17-16-10(21-11)9(18)15-6-3-4-7(13)8(14)5-6/h3-5H,2H2,1H3,(H,15,18). The number of carbonyl (C=O) groups is 2. The Hall–Kier alpha value is -2.42. The molecular formula is C12H9F2N3O3S. The molecule has 1 aromatic carbocycles. The summed E-state index contributed by atoms with van der Waals surface area (Å²) in [4.78, 5) is 23.2. The van der Waals surface area contributed by atoms with E-state index >= 15 is 0 Å². The van der Waals surface area contributed by atoms with E-state index < -0.39 is 23.5 Å². The van der Waals surface area contributed by atoms with E-state index in [1.165, 1.54) is 6.07 Å². The van der Waals surface area contributed by atoms with Crippen LogP contribution in [0.25, 0.3) is 0 Å². The molecule has 0 unspecified atom stereocenters. The molecule has 0 atom stereocenters. The topological polar surface area (TPSA) is 81.2 Å². The van der Waals surface area contributed by atoms with Crippen LogP contribution in [0.1, 0.15) is 26.5 Å². The summed E-state index contributed by atoms with van der Waals surface area (Å²) >= 11 is 0.739. The van der Waals surface area contributed by atoms with Crippen molar-refractivity contribution in [2.75, 3.05) is 11.9 Å². The van der Waals surface area contributed by atoms with Gasteiger partial charge in [-0.3, -0.25) is 4.79 Å². The molecule has 1 heterocycles. The van der Waals surface area contributed by atoms with E-state index in [4.69, 9.17) is 4.74 Å². The van der Waals surface area contributed by atoms with Crippen LogP contribution < -0.4 is 5.32 Å². The van der Waals surface area contributed by atoms with Gasteiger partial charge in [-0.2, -0.15) is 0 Å². The molecule has 0 aliphatic carbocycles. The molecule has 1 aromatic heterocycles. The molecule has 0 saturated heterocycles. The van der Waals surface area contributed by atoms with Gasteiger partial charge >= 0.3 is 5.97 Å². The summed E-state index contributed by atoms with van der Waals surface area (Å²) in [5.41, 5.74) is 0.0618. The highest BCUT2D eigenvalue weighted by Crippen LogP contribution is 2.16. The first-order chi connectivity index (χ1) is 10.0. The van der Waals surface area contributed by atoms with Crippen molar-refractivity contribution in [3.05, 3.63) is 39.8 Å². The molecule has 2 aromatic rings. The summed E-state index contributed by atoms with van der Waals surface area (Å²) in [5.74, 6) is -3.47. The van der Waals surface area contributed by atoms with Crippen molar-refractivity contribution in [2.45, 2.75) is 6.92 Å². The van der Waals surface area contributed by atoms with Gasteiger partial charge in [-0.25, -0.2) is 13.6 Å². The third kappa shape index (κ3) is 3.57. The Balaban J connectivity index is 2.10. The first-order valence-electron chi connectivity index (χ1n) is 5.78. The van der Waals surface area contributed by atoms with Gasteiger partial charge < -0.3 is 10.1 Å². The summed E-state index contributed by atoms with van der Waals surface area (Å²) in [6, 6.07) is 2.92. The quantitative estimate of drug-likeness (QED) is 0.876. The third-order valence-corrected chi connectivity index (χ3v) is 3.15. The number of nitrogens with zero attached hydrogens (tertiary/aromatic N) is 2. The maximum Gasteiger partial charge on any atom is 0.369 e. The highest BCUT2D eigenvalue weighted by molar-refractivity contribution is 7.15. The van der Waals surface area contributed by atoms with Crippen molar-refractivity contribution < 1.29 is 23.1 Å². The molecule has 6 nitrogen and oxygen atoms in total. The maximum absolute atomic E-state index is 13.0. The van der Waals surface area contributed by atoms with Crippen molar-refractivity contribution in [1.29, 1.82) is 0 Å². The summed E-state index contributed by atoms with van der Waals surface area (Å²) in [6.07, 6.45) is 0. The van der Waals surface area contributed by atoms with Gasteiger partial charge in [0, 0.05) is 11.8 Å². The molecule has 21 heavy (non-hydrogen) atoms. The van der Waals surface area contributed by atoms with Gasteiger partial charge in [0.2, 0.25) is 10.0 Å². The molecule has 110 valence electrons. The Bertz CT molecular complexity index is 690. The van der Waals surface area contributed by atoms with Crippen molar-refractivity contribution in [3.63, 3.8) is 0 Å². The van der Waals surface area contributed by atoms with E-state index in [0.717, 1.165) is 23.5 Å². The van der Waals surface area contributed by atoms with Crippen LogP contribution in [-0.4, -0.2) is 28.7 Å². The minimum absolute atomic E-state index is 0.0618. The summed E-state index contributed by atoms with van der Waals surface area (Å²) in [5, 5.41) is 9.23. The molecule has 1 N–H and O–H groups in total. The fraction of sp³-hybridized carbons (Fsp3) is 0.167. The Kier molecular flexibility index (Phi) is 4.53. The normalized spacial score (nSPS) is 10.2. The molecule has 2 rings (SSSR count). The Morgan fingerprint density at radius 3 is 2.62 bits per heavy atom. The zero-order valence-corrected chi connectivity index (χ0v) is 11.5. The lowest BCUT2D eigenvalue weighted by molar-refractivity contribution is 0.0524. The minimum Gasteiger partial charge on any atom is -0.461 e. The first-order valence-corrected chi connectivity index (χ1v) is 6.60. The zero-order chi connectivity index (χ0) is 15.4. The molecule has 0 saturated carbocycles. The SMILES string of the molecule is CCOC(=O)c1nnc(C(=O)Nc2ccc(F)c(F)c2)s1. The number of carbonyl (C=O) groups excluding carboxylic acids is 2. The van der Waals surface area contributed by atoms with Crippen molar-refractivity contribution in [2.24, 2.45) is 0 Å². The summed E-state index contributed by atoms with van der Waals surface area (Å²) in [7, 11) is 0. The molecule has 0 bridgehead atoms. The second-order valence-corrected chi connectivity index (χ2v) is 4.69. The van der Waals surface area contributed by atoms with E-state index in [9.17, 15) is 18.4 Å². The fourth-order valence-corrected chi connectivity index (χ4v) is 1.98. The largest absolute Gasteiger partial charge is 0.461 e. The fourth-order valence-electron chi connectivity index (χ4n) is 1.35. The monoisotopic (exact) mass is 313 g/mol. The van der Waals surface area contributed by atoms with Crippen LogP contribution in [0.15, 0.2) is 18.2 Å². The van der Waals surface area contributed by atoms with Gasteiger partial charge in [-0.05, 0) is 19.1 Å². The van der Waals surface area contributed by atoms with Crippen LogP contribution >= 0.6 is 11.3 Å². The number of esters is 1. The molecule has 1 amide bonds. The summed E-state index contributed by atoms with van der Waals surface area (Å²) in [6.45, 7) is 1.81. The van der Waals surface area contributed by atoms with Crippen molar-refractivity contribution in [1.82, 2.24) is 10.2 Å². The summed E-state index contributed by atoms with van der Waals surface area (Å²) < 4.78 is 30.5. The highest BCUT2D eigenvalue weighted by atomic mass is 32.1. The van der Waals surface area contributed by atoms with E-state index in [-0.39, 0.29) is 22.3 Å². The maximum atomic E-state index is 13.0. The second-order valence-electron chi connectivity index (χ2n) is 3.72. The van der Waals surface area contributed by atoms with Gasteiger partial charge in [-0.1, -0.05) is 11.3 Å². The van der Waals surface area contributed by atoms with Crippen LogP contribution in [0, 0.1) is 11.6 Å². The Morgan fingerprint density at radius 1 is 1.24 bits per heavy atom. The van der Waals surface area contributed by atoms with Crippen molar-refractivity contribution >= 4 is 28.9 Å². The molecule has 0 fully saturated rings. The van der Waals surface area contributed by atoms with Gasteiger partial charge in [0.05, 0.1) is 6.61 Å². The number of aromatic nitrogens is 2. The first kappa shape index (κ1) is 15.0. The van der Waals surface area contributed by atoms with E-state index in [1.54, 1.807) is 6.92 Å². The van der Waals surface area contributed by atoms with Crippen LogP contribution in [0.3, 0.4) is 0 Å². The number of benzene rings is 1. The lowest BCUT2D eigenvalue weighted by atomic mass is 10.3. The van der Waals surface area contributed by atoms with Crippen LogP contribution in [0.5, 0.6) is 0 Å². The number of anilines is 1. The Labute approximate surface area is 121 Å². The average Bonchev–Trinajstić information content (AvgIpc) is 2.93. The second kappa shape index (κ2) is 6.35. The van der Waals surface area contributed by atoms with Gasteiger partial charge in [0.15, 0.2) is 11.6 Å². The number of amides is 1. The molecule has 0 radical (unpaired) electrons. The van der Waals surface area contributed by atoms with E-state index in [1.807, 2.05) is 0 Å². The molecule has 0 aliphatic rings. The Morgan fingerprint density at radius 2 is 1.95 bits per heavy atom. The molecule has 0 aliphatic heterocycles. The van der Waals surface area contributed by atoms with Crippen LogP contribution in [0.2, 0.25) is 0 Å².